The zero-order valence-corrected chi connectivity index (χ0v) is 24.7. The van der Waals surface area contributed by atoms with E-state index >= 15 is 0 Å². The second kappa shape index (κ2) is 10.6. The van der Waals surface area contributed by atoms with Gasteiger partial charge in [0.05, 0.1) is 37.6 Å². The summed E-state index contributed by atoms with van der Waals surface area (Å²) in [5.41, 5.74) is 5.30. The third kappa shape index (κ3) is 4.57. The van der Waals surface area contributed by atoms with Crippen LogP contribution < -0.4 is 0 Å². The number of methoxy groups -OCH3 is 1. The maximum atomic E-state index is 10.4. The molecule has 6 rings (SSSR count). The SMILES string of the molecule is COCCOCCN1C[C@@H](C)C[C@H]2O[C@]3(CC[C@@H]4C(=C(C)C3)CC3[C@H]4CC=C4C[C@@H](O)CC[C@@]43C)[C@H](C)[C@@H]21. The molecule has 2 saturated heterocycles. The lowest BCUT2D eigenvalue weighted by Crippen LogP contribution is -2.52. The molecule has 0 radical (unpaired) electrons. The number of aliphatic hydroxyl groups is 1. The van der Waals surface area contributed by atoms with Gasteiger partial charge in [-0.25, -0.2) is 0 Å². The summed E-state index contributed by atoms with van der Waals surface area (Å²) in [6, 6.07) is 0.508. The Balaban J connectivity index is 1.20. The van der Waals surface area contributed by atoms with Gasteiger partial charge in [0.15, 0.2) is 0 Å². The van der Waals surface area contributed by atoms with Crippen molar-refractivity contribution >= 4 is 0 Å². The molecule has 4 fully saturated rings. The van der Waals surface area contributed by atoms with Crippen molar-refractivity contribution in [1.82, 2.24) is 4.90 Å². The highest BCUT2D eigenvalue weighted by Crippen LogP contribution is 2.63. The second-order valence-corrected chi connectivity index (χ2v) is 14.3. The number of fused-ring (bicyclic) bond motifs is 6. The van der Waals surface area contributed by atoms with Crippen LogP contribution in [0.25, 0.3) is 0 Å². The molecule has 2 heterocycles. The standard InChI is InChI=1S/C33H53NO4/c1-21-16-30-31(34(20-21)12-13-37-15-14-36-5)23(3)33(38-30)11-9-26-27-7-6-24-17-25(35)8-10-32(24,4)29(27)18-28(26)22(2)19-33/h6,21,23,25-27,29-31,35H,7-20H2,1-5H3/t21-,23+,25-,26-,27-,29?,30+,31-,32-,33-/m0/s1. The molecule has 0 aromatic rings. The van der Waals surface area contributed by atoms with Crippen LogP contribution in [0.5, 0.6) is 0 Å². The number of nitrogens with zero attached hydrogens (tertiary/aromatic N) is 1. The van der Waals surface area contributed by atoms with Gasteiger partial charge in [-0.15, -0.1) is 0 Å². The number of aliphatic hydroxyl groups excluding tert-OH is 1. The number of piperidine rings is 1. The summed E-state index contributed by atoms with van der Waals surface area (Å²) in [6.45, 7) is 14.2. The first-order chi connectivity index (χ1) is 18.3. The molecule has 214 valence electrons. The average molecular weight is 528 g/mol. The molecule has 1 N–H and O–H groups in total. The maximum Gasteiger partial charge on any atom is 0.0765 e. The Kier molecular flexibility index (Phi) is 7.65. The van der Waals surface area contributed by atoms with Gasteiger partial charge in [-0.1, -0.05) is 43.6 Å². The predicted octanol–water partition coefficient (Wildman–Crippen LogP) is 5.77. The molecule has 1 unspecified atom stereocenters. The smallest absolute Gasteiger partial charge is 0.0765 e. The third-order valence-corrected chi connectivity index (χ3v) is 12.2. The molecule has 2 aliphatic heterocycles. The lowest BCUT2D eigenvalue weighted by atomic mass is 9.56. The van der Waals surface area contributed by atoms with Crippen LogP contribution in [0.1, 0.15) is 85.5 Å². The van der Waals surface area contributed by atoms with E-state index in [1.54, 1.807) is 23.8 Å². The van der Waals surface area contributed by atoms with Crippen LogP contribution in [0.4, 0.5) is 0 Å². The van der Waals surface area contributed by atoms with E-state index in [-0.39, 0.29) is 11.7 Å². The minimum atomic E-state index is -0.123. The van der Waals surface area contributed by atoms with Gasteiger partial charge in [0.1, 0.15) is 0 Å². The van der Waals surface area contributed by atoms with Crippen molar-refractivity contribution < 1.29 is 19.3 Å². The van der Waals surface area contributed by atoms with Crippen LogP contribution in [-0.2, 0) is 14.2 Å². The van der Waals surface area contributed by atoms with Crippen molar-refractivity contribution in [3.05, 3.63) is 22.8 Å². The fraction of sp³-hybridized carbons (Fsp3) is 0.879. The molecule has 0 bridgehead atoms. The molecular weight excluding hydrogens is 474 g/mol. The van der Waals surface area contributed by atoms with Crippen molar-refractivity contribution in [3.8, 4) is 0 Å². The highest BCUT2D eigenvalue weighted by atomic mass is 16.5. The zero-order valence-electron chi connectivity index (χ0n) is 24.7. The van der Waals surface area contributed by atoms with Crippen molar-refractivity contribution in [3.63, 3.8) is 0 Å². The summed E-state index contributed by atoms with van der Waals surface area (Å²) >= 11 is 0. The van der Waals surface area contributed by atoms with E-state index < -0.39 is 0 Å². The monoisotopic (exact) mass is 527 g/mol. The molecule has 6 aliphatic rings. The first-order valence-electron chi connectivity index (χ1n) is 15.8. The molecule has 1 spiro atoms. The molecule has 0 aromatic carbocycles. The average Bonchev–Trinajstić information content (AvgIpc) is 3.34. The summed E-state index contributed by atoms with van der Waals surface area (Å²) in [7, 11) is 1.74. The topological polar surface area (TPSA) is 51.2 Å². The predicted molar refractivity (Wildman–Crippen MR) is 151 cm³/mol. The lowest BCUT2D eigenvalue weighted by molar-refractivity contribution is -0.0805. The summed E-state index contributed by atoms with van der Waals surface area (Å²) in [4.78, 5) is 2.71. The molecule has 0 aromatic heterocycles. The number of hydrogen-bond acceptors (Lipinski definition) is 5. The van der Waals surface area contributed by atoms with Gasteiger partial charge in [0.25, 0.3) is 0 Å². The minimum absolute atomic E-state index is 0.0139. The Morgan fingerprint density at radius 3 is 2.79 bits per heavy atom. The van der Waals surface area contributed by atoms with Crippen LogP contribution in [-0.4, -0.2) is 73.9 Å². The van der Waals surface area contributed by atoms with E-state index in [4.69, 9.17) is 14.2 Å². The molecule has 2 saturated carbocycles. The zero-order chi connectivity index (χ0) is 26.7. The fourth-order valence-electron chi connectivity index (χ4n) is 10.3. The largest absolute Gasteiger partial charge is 0.393 e. The van der Waals surface area contributed by atoms with Crippen LogP contribution >= 0.6 is 0 Å². The van der Waals surface area contributed by atoms with Gasteiger partial charge in [0, 0.05) is 32.2 Å². The van der Waals surface area contributed by atoms with E-state index in [0.29, 0.717) is 42.6 Å². The molecule has 4 aliphatic carbocycles. The number of likely N-dealkylation sites (tertiary alicyclic amines) is 1. The van der Waals surface area contributed by atoms with Crippen molar-refractivity contribution in [2.45, 2.75) is 109 Å². The summed E-state index contributed by atoms with van der Waals surface area (Å²) in [6.07, 6.45) is 13.1. The van der Waals surface area contributed by atoms with Crippen molar-refractivity contribution in [2.75, 3.05) is 40.0 Å². The third-order valence-electron chi connectivity index (χ3n) is 12.2. The van der Waals surface area contributed by atoms with Crippen LogP contribution in [0.3, 0.4) is 0 Å². The summed E-state index contributed by atoms with van der Waals surface area (Å²) in [5.74, 6) is 3.47. The summed E-state index contributed by atoms with van der Waals surface area (Å²) in [5, 5.41) is 10.4. The Morgan fingerprint density at radius 1 is 1.13 bits per heavy atom. The van der Waals surface area contributed by atoms with Gasteiger partial charge in [-0.3, -0.25) is 4.90 Å². The summed E-state index contributed by atoms with van der Waals surface area (Å²) < 4.78 is 18.3. The number of rotatable bonds is 6. The Morgan fingerprint density at radius 2 is 1.97 bits per heavy atom. The highest BCUT2D eigenvalue weighted by Gasteiger charge is 2.59. The maximum absolute atomic E-state index is 10.4. The van der Waals surface area contributed by atoms with Crippen molar-refractivity contribution in [2.24, 2.45) is 35.0 Å². The highest BCUT2D eigenvalue weighted by molar-refractivity contribution is 5.34. The van der Waals surface area contributed by atoms with Gasteiger partial charge in [-0.2, -0.15) is 0 Å². The second-order valence-electron chi connectivity index (χ2n) is 14.3. The number of ether oxygens (including phenoxy) is 3. The van der Waals surface area contributed by atoms with E-state index in [9.17, 15) is 5.11 Å². The first-order valence-corrected chi connectivity index (χ1v) is 15.8. The Bertz CT molecular complexity index is 945. The van der Waals surface area contributed by atoms with Gasteiger partial charge >= 0.3 is 0 Å². The Labute approximate surface area is 231 Å². The normalized spacial score (nSPS) is 46.8. The minimum Gasteiger partial charge on any atom is -0.393 e. The Hall–Kier alpha value is -0.720. The molecule has 38 heavy (non-hydrogen) atoms. The van der Waals surface area contributed by atoms with Crippen LogP contribution in [0.15, 0.2) is 22.8 Å². The molecule has 0 amide bonds. The van der Waals surface area contributed by atoms with E-state index in [2.05, 4.69) is 38.7 Å². The number of hydrogen-bond donors (Lipinski definition) is 1. The first kappa shape index (κ1) is 27.4. The van der Waals surface area contributed by atoms with Crippen LogP contribution in [0, 0.1) is 35.0 Å². The van der Waals surface area contributed by atoms with Gasteiger partial charge in [-0.05, 0) is 93.8 Å². The van der Waals surface area contributed by atoms with E-state index in [1.165, 1.54) is 32.1 Å². The van der Waals surface area contributed by atoms with Crippen molar-refractivity contribution in [1.29, 1.82) is 0 Å². The fourth-order valence-corrected chi connectivity index (χ4v) is 10.3. The molecular formula is C33H53NO4. The van der Waals surface area contributed by atoms with Crippen LogP contribution in [0.2, 0.25) is 0 Å². The molecule has 5 heteroatoms. The van der Waals surface area contributed by atoms with E-state index in [1.807, 2.05) is 0 Å². The molecule has 5 nitrogen and oxygen atoms in total. The quantitative estimate of drug-likeness (QED) is 0.351. The van der Waals surface area contributed by atoms with Gasteiger partial charge < -0.3 is 19.3 Å². The number of allylic oxidation sites excluding steroid dienone is 2. The lowest BCUT2D eigenvalue weighted by Gasteiger charge is -2.49. The molecule has 10 atom stereocenters. The van der Waals surface area contributed by atoms with E-state index in [0.717, 1.165) is 63.1 Å². The van der Waals surface area contributed by atoms with Gasteiger partial charge in [0.2, 0.25) is 0 Å².